The first-order valence-corrected chi connectivity index (χ1v) is 9.53. The van der Waals surface area contributed by atoms with Crippen molar-refractivity contribution in [2.45, 2.75) is 39.2 Å². The van der Waals surface area contributed by atoms with Crippen LogP contribution in [0.15, 0.2) is 24.3 Å². The van der Waals surface area contributed by atoms with Crippen molar-refractivity contribution in [3.63, 3.8) is 0 Å². The average molecular weight is 374 g/mol. The maximum atomic E-state index is 12.2. The summed E-state index contributed by atoms with van der Waals surface area (Å²) in [5, 5.41) is 5.57. The normalized spacial score (nSPS) is 18.5. The molecule has 0 radical (unpaired) electrons. The number of nitrogens with two attached hydrogens (primary N) is 1. The second kappa shape index (κ2) is 10.1. The van der Waals surface area contributed by atoms with Gasteiger partial charge >= 0.3 is 0 Å². The molecule has 2 atom stereocenters. The highest BCUT2D eigenvalue weighted by Gasteiger charge is 2.23. The third-order valence-electron chi connectivity index (χ3n) is 4.88. The fraction of sp³-hybridized carbons (Fsp3) is 0.550. The van der Waals surface area contributed by atoms with Gasteiger partial charge < -0.3 is 21.3 Å². The molecular formula is C20H30N4O3. The first-order chi connectivity index (χ1) is 12.9. The molecule has 148 valence electrons. The van der Waals surface area contributed by atoms with Crippen LogP contribution >= 0.6 is 0 Å². The quantitative estimate of drug-likeness (QED) is 0.586. The monoisotopic (exact) mass is 374 g/mol. The standard InChI is InChI=1S/C20H30N4O3/c1-14-6-3-7-16(12-14)20(27)23-15(2)19(26)22-9-5-11-24-10-4-8-17(13-24)18(21)25/h3,6-7,12,15,17H,4-5,8-11,13H2,1-2H3,(H2,21,25)(H,22,26)(H,23,27). The summed E-state index contributed by atoms with van der Waals surface area (Å²) in [4.78, 5) is 37.9. The van der Waals surface area contributed by atoms with Crippen LogP contribution in [0.5, 0.6) is 0 Å². The van der Waals surface area contributed by atoms with E-state index in [2.05, 4.69) is 15.5 Å². The number of amides is 3. The number of aryl methyl sites for hydroxylation is 1. The maximum absolute atomic E-state index is 12.2. The van der Waals surface area contributed by atoms with E-state index in [1.807, 2.05) is 19.1 Å². The van der Waals surface area contributed by atoms with Gasteiger partial charge in [0.15, 0.2) is 0 Å². The van der Waals surface area contributed by atoms with Crippen molar-refractivity contribution in [2.75, 3.05) is 26.2 Å². The van der Waals surface area contributed by atoms with E-state index >= 15 is 0 Å². The Kier molecular flexibility index (Phi) is 7.79. The molecule has 1 fully saturated rings. The van der Waals surface area contributed by atoms with Gasteiger partial charge in [-0.25, -0.2) is 0 Å². The predicted octanol–water partition coefficient (Wildman–Crippen LogP) is 0.817. The molecule has 3 amide bonds. The van der Waals surface area contributed by atoms with Crippen molar-refractivity contribution in [1.29, 1.82) is 0 Å². The topological polar surface area (TPSA) is 105 Å². The van der Waals surface area contributed by atoms with E-state index in [4.69, 9.17) is 5.73 Å². The molecule has 0 spiro atoms. The Morgan fingerprint density at radius 3 is 2.81 bits per heavy atom. The number of benzene rings is 1. The molecule has 0 aliphatic carbocycles. The number of hydrogen-bond acceptors (Lipinski definition) is 4. The van der Waals surface area contributed by atoms with Gasteiger partial charge in [0, 0.05) is 18.7 Å². The van der Waals surface area contributed by atoms with E-state index in [1.165, 1.54) is 0 Å². The van der Waals surface area contributed by atoms with E-state index in [0.717, 1.165) is 37.9 Å². The SMILES string of the molecule is Cc1cccc(C(=O)NC(C)C(=O)NCCCN2CCCC(C(N)=O)C2)c1. The molecule has 7 heteroatoms. The molecule has 1 aliphatic heterocycles. The zero-order chi connectivity index (χ0) is 19.8. The molecule has 2 rings (SSSR count). The van der Waals surface area contributed by atoms with E-state index in [1.54, 1.807) is 19.1 Å². The number of carbonyl (C=O) groups is 3. The van der Waals surface area contributed by atoms with Crippen LogP contribution in [-0.4, -0.2) is 54.8 Å². The third kappa shape index (κ3) is 6.67. The Balaban J connectivity index is 1.67. The average Bonchev–Trinajstić information content (AvgIpc) is 2.65. The summed E-state index contributed by atoms with van der Waals surface area (Å²) in [7, 11) is 0. The van der Waals surface area contributed by atoms with Gasteiger partial charge in [-0.2, -0.15) is 0 Å². The first-order valence-electron chi connectivity index (χ1n) is 9.53. The van der Waals surface area contributed by atoms with Gasteiger partial charge in [0.2, 0.25) is 11.8 Å². The molecule has 1 heterocycles. The van der Waals surface area contributed by atoms with Crippen molar-refractivity contribution in [3.05, 3.63) is 35.4 Å². The zero-order valence-corrected chi connectivity index (χ0v) is 16.2. The lowest BCUT2D eigenvalue weighted by atomic mass is 9.97. The molecule has 1 aliphatic rings. The molecule has 7 nitrogen and oxygen atoms in total. The van der Waals surface area contributed by atoms with Gasteiger partial charge in [-0.05, 0) is 58.3 Å². The number of primary amides is 1. The Bertz CT molecular complexity index is 677. The summed E-state index contributed by atoms with van der Waals surface area (Å²) in [5.41, 5.74) is 6.93. The van der Waals surface area contributed by atoms with Crippen LogP contribution < -0.4 is 16.4 Å². The Hall–Kier alpha value is -2.41. The maximum Gasteiger partial charge on any atom is 0.251 e. The Morgan fingerprint density at radius 1 is 1.33 bits per heavy atom. The minimum absolute atomic E-state index is 0.0646. The van der Waals surface area contributed by atoms with E-state index < -0.39 is 6.04 Å². The van der Waals surface area contributed by atoms with E-state index in [0.29, 0.717) is 18.7 Å². The number of hydrogen-bond donors (Lipinski definition) is 3. The largest absolute Gasteiger partial charge is 0.369 e. The zero-order valence-electron chi connectivity index (χ0n) is 16.2. The molecule has 0 aromatic heterocycles. The van der Waals surface area contributed by atoms with Crippen molar-refractivity contribution in [2.24, 2.45) is 11.7 Å². The van der Waals surface area contributed by atoms with Crippen molar-refractivity contribution >= 4 is 17.7 Å². The molecular weight excluding hydrogens is 344 g/mol. The fourth-order valence-corrected chi connectivity index (χ4v) is 3.29. The number of likely N-dealkylation sites (tertiary alicyclic amines) is 1. The highest BCUT2D eigenvalue weighted by molar-refractivity contribution is 5.97. The van der Waals surface area contributed by atoms with Crippen LogP contribution in [0.3, 0.4) is 0 Å². The van der Waals surface area contributed by atoms with Crippen LogP contribution in [0.4, 0.5) is 0 Å². The number of carbonyl (C=O) groups excluding carboxylic acids is 3. The Labute approximate surface area is 160 Å². The van der Waals surface area contributed by atoms with Gasteiger partial charge in [0.1, 0.15) is 6.04 Å². The predicted molar refractivity (Wildman–Crippen MR) is 104 cm³/mol. The summed E-state index contributed by atoms with van der Waals surface area (Å²) in [6.45, 7) is 6.59. The van der Waals surface area contributed by atoms with Crippen LogP contribution in [0.25, 0.3) is 0 Å². The van der Waals surface area contributed by atoms with Gasteiger partial charge in [0.05, 0.1) is 5.92 Å². The molecule has 2 unspecified atom stereocenters. The Morgan fingerprint density at radius 2 is 2.11 bits per heavy atom. The summed E-state index contributed by atoms with van der Waals surface area (Å²) >= 11 is 0. The molecule has 0 bridgehead atoms. The van der Waals surface area contributed by atoms with E-state index in [-0.39, 0.29) is 23.6 Å². The molecule has 1 aromatic rings. The summed E-state index contributed by atoms with van der Waals surface area (Å²) in [5.74, 6) is -0.756. The molecule has 4 N–H and O–H groups in total. The van der Waals surface area contributed by atoms with Gasteiger partial charge in [-0.1, -0.05) is 17.7 Å². The lowest BCUT2D eigenvalue weighted by Crippen LogP contribution is -2.46. The lowest BCUT2D eigenvalue weighted by molar-refractivity contribution is -0.123. The second-order valence-electron chi connectivity index (χ2n) is 7.25. The molecule has 1 saturated heterocycles. The van der Waals surface area contributed by atoms with Crippen LogP contribution in [0, 0.1) is 12.8 Å². The summed E-state index contributed by atoms with van der Waals surface area (Å²) in [6.07, 6.45) is 2.62. The third-order valence-corrected chi connectivity index (χ3v) is 4.88. The first kappa shape index (κ1) is 20.9. The highest BCUT2D eigenvalue weighted by Crippen LogP contribution is 2.15. The minimum atomic E-state index is -0.604. The number of rotatable bonds is 8. The lowest BCUT2D eigenvalue weighted by Gasteiger charge is -2.31. The molecule has 27 heavy (non-hydrogen) atoms. The van der Waals surface area contributed by atoms with Gasteiger partial charge in [-0.3, -0.25) is 14.4 Å². The van der Waals surface area contributed by atoms with Crippen LogP contribution in [0.2, 0.25) is 0 Å². The number of nitrogens with zero attached hydrogens (tertiary/aromatic N) is 1. The van der Waals surface area contributed by atoms with E-state index in [9.17, 15) is 14.4 Å². The second-order valence-corrected chi connectivity index (χ2v) is 7.25. The number of nitrogens with one attached hydrogen (secondary N) is 2. The van der Waals surface area contributed by atoms with Crippen molar-refractivity contribution in [1.82, 2.24) is 15.5 Å². The van der Waals surface area contributed by atoms with Gasteiger partial charge in [-0.15, -0.1) is 0 Å². The van der Waals surface area contributed by atoms with Crippen LogP contribution in [-0.2, 0) is 9.59 Å². The minimum Gasteiger partial charge on any atom is -0.369 e. The summed E-state index contributed by atoms with van der Waals surface area (Å²) < 4.78 is 0. The molecule has 1 aromatic carbocycles. The summed E-state index contributed by atoms with van der Waals surface area (Å²) in [6, 6.07) is 6.65. The highest BCUT2D eigenvalue weighted by atomic mass is 16.2. The molecule has 0 saturated carbocycles. The number of piperidine rings is 1. The van der Waals surface area contributed by atoms with Crippen LogP contribution in [0.1, 0.15) is 42.1 Å². The van der Waals surface area contributed by atoms with Gasteiger partial charge in [0.25, 0.3) is 5.91 Å². The fourth-order valence-electron chi connectivity index (χ4n) is 3.29. The van der Waals surface area contributed by atoms with Crippen molar-refractivity contribution < 1.29 is 14.4 Å². The van der Waals surface area contributed by atoms with Crippen molar-refractivity contribution in [3.8, 4) is 0 Å². The smallest absolute Gasteiger partial charge is 0.251 e.